The van der Waals surface area contributed by atoms with Gasteiger partial charge in [-0.3, -0.25) is 4.79 Å². The van der Waals surface area contributed by atoms with Crippen LogP contribution in [0.2, 0.25) is 0 Å². The second-order valence-electron chi connectivity index (χ2n) is 5.75. The number of unbranched alkanes of at least 4 members (excludes halogenated alkanes) is 8. The molecule has 0 atom stereocenters. The number of carboxylic acids is 1. The summed E-state index contributed by atoms with van der Waals surface area (Å²) in [4.78, 5) is 10.3. The van der Waals surface area contributed by atoms with E-state index in [2.05, 4.69) is 43.4 Å². The fourth-order valence-electron chi connectivity index (χ4n) is 2.17. The topological polar surface area (TPSA) is 37.3 Å². The van der Waals surface area contributed by atoms with Crippen LogP contribution in [0.15, 0.2) is 36.5 Å². The Labute approximate surface area is 137 Å². The van der Waals surface area contributed by atoms with Gasteiger partial charge in [-0.1, -0.05) is 75.5 Å². The fraction of sp³-hybridized carbons (Fsp3) is 0.650. The lowest BCUT2D eigenvalue weighted by Crippen LogP contribution is -1.93. The quantitative estimate of drug-likeness (QED) is 0.215. The van der Waals surface area contributed by atoms with E-state index in [9.17, 15) is 4.79 Å². The summed E-state index contributed by atoms with van der Waals surface area (Å²) in [5.74, 6) is -0.675. The number of hydrogen-bond donors (Lipinski definition) is 1. The molecule has 0 bridgehead atoms. The molecule has 0 amide bonds. The molecule has 2 nitrogen and oxygen atoms in total. The molecule has 0 heterocycles. The van der Waals surface area contributed by atoms with Gasteiger partial charge in [-0.15, -0.1) is 0 Å². The van der Waals surface area contributed by atoms with Gasteiger partial charge >= 0.3 is 5.97 Å². The van der Waals surface area contributed by atoms with Crippen LogP contribution in [0.1, 0.15) is 84.0 Å². The highest BCUT2D eigenvalue weighted by molar-refractivity contribution is 5.66. The first-order valence-electron chi connectivity index (χ1n) is 8.95. The highest BCUT2D eigenvalue weighted by Crippen LogP contribution is 2.07. The zero-order chi connectivity index (χ0) is 16.3. The van der Waals surface area contributed by atoms with Gasteiger partial charge in [-0.25, -0.2) is 0 Å². The van der Waals surface area contributed by atoms with Crippen LogP contribution < -0.4 is 0 Å². The van der Waals surface area contributed by atoms with Crippen molar-refractivity contribution in [3.63, 3.8) is 0 Å². The Balaban J connectivity index is 3.27. The maximum Gasteiger partial charge on any atom is 0.303 e. The predicted molar refractivity (Wildman–Crippen MR) is 96.1 cm³/mol. The van der Waals surface area contributed by atoms with Crippen LogP contribution in [0.3, 0.4) is 0 Å². The average molecular weight is 306 g/mol. The molecule has 0 radical (unpaired) electrons. The van der Waals surface area contributed by atoms with E-state index in [1.165, 1.54) is 32.1 Å². The first kappa shape index (κ1) is 20.7. The lowest BCUT2D eigenvalue weighted by atomic mass is 10.1. The summed E-state index contributed by atoms with van der Waals surface area (Å²) in [6.45, 7) is 2.22. The summed E-state index contributed by atoms with van der Waals surface area (Å²) in [7, 11) is 0. The SMILES string of the molecule is CCCC/C=C\CC/C=C/C=C\CCCCCCCC(=O)O. The van der Waals surface area contributed by atoms with Gasteiger partial charge in [0.2, 0.25) is 0 Å². The molecule has 0 aromatic heterocycles. The summed E-state index contributed by atoms with van der Waals surface area (Å²) >= 11 is 0. The summed E-state index contributed by atoms with van der Waals surface area (Å²) in [6, 6.07) is 0. The number of hydrogen-bond acceptors (Lipinski definition) is 1. The van der Waals surface area contributed by atoms with Crippen molar-refractivity contribution in [2.75, 3.05) is 0 Å². The molecule has 0 saturated carbocycles. The van der Waals surface area contributed by atoms with Crippen molar-refractivity contribution in [2.45, 2.75) is 84.0 Å². The maximum absolute atomic E-state index is 10.3. The van der Waals surface area contributed by atoms with Crippen molar-refractivity contribution in [3.05, 3.63) is 36.5 Å². The Morgan fingerprint density at radius 2 is 1.27 bits per heavy atom. The zero-order valence-corrected chi connectivity index (χ0v) is 14.3. The summed E-state index contributed by atoms with van der Waals surface area (Å²) in [5.41, 5.74) is 0. The van der Waals surface area contributed by atoms with Gasteiger partial charge in [-0.05, 0) is 38.5 Å². The van der Waals surface area contributed by atoms with Crippen LogP contribution >= 0.6 is 0 Å². The number of rotatable bonds is 15. The fourth-order valence-corrected chi connectivity index (χ4v) is 2.17. The molecule has 0 aliphatic heterocycles. The molecule has 0 aromatic carbocycles. The smallest absolute Gasteiger partial charge is 0.303 e. The maximum atomic E-state index is 10.3. The minimum atomic E-state index is -0.675. The number of aliphatic carboxylic acids is 1. The number of carboxylic acid groups (broad SMARTS) is 1. The van der Waals surface area contributed by atoms with Crippen molar-refractivity contribution in [3.8, 4) is 0 Å². The monoisotopic (exact) mass is 306 g/mol. The van der Waals surface area contributed by atoms with Crippen molar-refractivity contribution < 1.29 is 9.90 Å². The molecule has 0 fully saturated rings. The highest BCUT2D eigenvalue weighted by atomic mass is 16.4. The van der Waals surface area contributed by atoms with Crippen molar-refractivity contribution in [2.24, 2.45) is 0 Å². The number of carbonyl (C=O) groups is 1. The molecular formula is C20H34O2. The number of allylic oxidation sites excluding steroid dienone is 6. The lowest BCUT2D eigenvalue weighted by Gasteiger charge is -1.97. The molecule has 126 valence electrons. The third-order valence-electron chi connectivity index (χ3n) is 3.54. The van der Waals surface area contributed by atoms with E-state index in [0.29, 0.717) is 6.42 Å². The largest absolute Gasteiger partial charge is 0.481 e. The van der Waals surface area contributed by atoms with Crippen molar-refractivity contribution in [1.29, 1.82) is 0 Å². The van der Waals surface area contributed by atoms with Gasteiger partial charge in [0.1, 0.15) is 0 Å². The van der Waals surface area contributed by atoms with Crippen molar-refractivity contribution in [1.82, 2.24) is 0 Å². The normalized spacial score (nSPS) is 12.0. The molecule has 1 N–H and O–H groups in total. The second-order valence-corrected chi connectivity index (χ2v) is 5.75. The predicted octanol–water partition coefficient (Wildman–Crippen LogP) is 6.44. The molecule has 0 spiro atoms. The van der Waals surface area contributed by atoms with E-state index < -0.39 is 5.97 Å². The van der Waals surface area contributed by atoms with Crippen LogP contribution in [-0.4, -0.2) is 11.1 Å². The van der Waals surface area contributed by atoms with Crippen molar-refractivity contribution >= 4 is 5.97 Å². The Bertz CT molecular complexity index is 327. The molecule has 0 aliphatic rings. The van der Waals surface area contributed by atoms with Gasteiger partial charge < -0.3 is 5.11 Å². The minimum absolute atomic E-state index is 0.318. The van der Waals surface area contributed by atoms with Crippen LogP contribution in [0, 0.1) is 0 Å². The minimum Gasteiger partial charge on any atom is -0.481 e. The second kappa shape index (κ2) is 17.7. The van der Waals surface area contributed by atoms with E-state index in [4.69, 9.17) is 5.11 Å². The molecule has 2 heteroatoms. The summed E-state index contributed by atoms with van der Waals surface area (Å²) < 4.78 is 0. The van der Waals surface area contributed by atoms with Gasteiger partial charge in [0.15, 0.2) is 0 Å². The van der Waals surface area contributed by atoms with Crippen LogP contribution in [0.5, 0.6) is 0 Å². The zero-order valence-electron chi connectivity index (χ0n) is 14.3. The third-order valence-corrected chi connectivity index (χ3v) is 3.54. The molecule has 0 aliphatic carbocycles. The van der Waals surface area contributed by atoms with Crippen LogP contribution in [0.25, 0.3) is 0 Å². The van der Waals surface area contributed by atoms with E-state index in [-0.39, 0.29) is 0 Å². The Hall–Kier alpha value is -1.31. The molecule has 0 unspecified atom stereocenters. The Morgan fingerprint density at radius 3 is 2.00 bits per heavy atom. The Morgan fingerprint density at radius 1 is 0.727 bits per heavy atom. The summed E-state index contributed by atoms with van der Waals surface area (Å²) in [6.07, 6.45) is 26.3. The van der Waals surface area contributed by atoms with Crippen LogP contribution in [-0.2, 0) is 4.79 Å². The highest BCUT2D eigenvalue weighted by Gasteiger charge is 1.95. The van der Waals surface area contributed by atoms with Gasteiger partial charge in [0.05, 0.1) is 0 Å². The van der Waals surface area contributed by atoms with E-state index in [1.807, 2.05) is 0 Å². The van der Waals surface area contributed by atoms with Crippen LogP contribution in [0.4, 0.5) is 0 Å². The first-order valence-corrected chi connectivity index (χ1v) is 8.95. The van der Waals surface area contributed by atoms with Gasteiger partial charge in [0, 0.05) is 6.42 Å². The van der Waals surface area contributed by atoms with Gasteiger partial charge in [-0.2, -0.15) is 0 Å². The molecule has 0 rings (SSSR count). The molecule has 22 heavy (non-hydrogen) atoms. The molecule has 0 saturated heterocycles. The Kier molecular flexibility index (Phi) is 16.7. The third kappa shape index (κ3) is 18.7. The standard InChI is InChI=1S/C20H34O2/c1-2-3-4-5-6-7-8-9-10-11-12-13-14-15-16-17-18-19-20(21)22/h5-6,9-12H,2-4,7-8,13-19H2,1H3,(H,21,22)/b6-5-,10-9+,12-11-. The van der Waals surface area contributed by atoms with Gasteiger partial charge in [0.25, 0.3) is 0 Å². The first-order chi connectivity index (χ1) is 10.8. The summed E-state index contributed by atoms with van der Waals surface area (Å²) in [5, 5.41) is 8.52. The van der Waals surface area contributed by atoms with E-state index >= 15 is 0 Å². The lowest BCUT2D eigenvalue weighted by molar-refractivity contribution is -0.137. The van der Waals surface area contributed by atoms with E-state index in [0.717, 1.165) is 38.5 Å². The molecule has 0 aromatic rings. The molecular weight excluding hydrogens is 272 g/mol. The average Bonchev–Trinajstić information content (AvgIpc) is 2.50. The van der Waals surface area contributed by atoms with E-state index in [1.54, 1.807) is 0 Å².